The van der Waals surface area contributed by atoms with Crippen molar-refractivity contribution < 1.29 is 14.0 Å². The number of imide groups is 1. The predicted molar refractivity (Wildman–Crippen MR) is 80.8 cm³/mol. The number of hydrogen-bond donors (Lipinski definition) is 2. The van der Waals surface area contributed by atoms with E-state index in [1.165, 1.54) is 7.05 Å². The van der Waals surface area contributed by atoms with Gasteiger partial charge in [-0.2, -0.15) is 0 Å². The molecule has 21 heavy (non-hydrogen) atoms. The van der Waals surface area contributed by atoms with Crippen molar-refractivity contribution in [3.63, 3.8) is 0 Å². The van der Waals surface area contributed by atoms with E-state index < -0.39 is 11.9 Å². The van der Waals surface area contributed by atoms with E-state index in [-0.39, 0.29) is 11.0 Å². The Labute approximate surface area is 133 Å². The van der Waals surface area contributed by atoms with Gasteiger partial charge in [-0.1, -0.05) is 23.9 Å². The van der Waals surface area contributed by atoms with Gasteiger partial charge in [0, 0.05) is 11.5 Å². The summed E-state index contributed by atoms with van der Waals surface area (Å²) in [6.45, 7) is 0. The molecule has 3 amide bonds. The van der Waals surface area contributed by atoms with Gasteiger partial charge in [0.1, 0.15) is 0 Å². The standard InChI is InChI=1S/C12H11BrN4O3S/c1-14-11(19)15-9(18)6-21-12-17-16-10(20-12)7-4-2-3-5-8(7)13/h2-5H,6H2,1H3,(H2,14,15,18,19). The fourth-order valence-corrected chi connectivity index (χ4v) is 2.38. The quantitative estimate of drug-likeness (QED) is 0.799. The van der Waals surface area contributed by atoms with Crippen LogP contribution in [-0.2, 0) is 4.79 Å². The van der Waals surface area contributed by atoms with E-state index in [1.54, 1.807) is 0 Å². The molecule has 0 bridgehead atoms. The van der Waals surface area contributed by atoms with Crippen LogP contribution >= 0.6 is 27.7 Å². The Hall–Kier alpha value is -1.87. The number of rotatable bonds is 4. The number of benzene rings is 1. The summed E-state index contributed by atoms with van der Waals surface area (Å²) in [5, 5.41) is 12.5. The average molecular weight is 371 g/mol. The minimum absolute atomic E-state index is 0.00497. The highest BCUT2D eigenvalue weighted by Gasteiger charge is 2.13. The largest absolute Gasteiger partial charge is 0.411 e. The summed E-state index contributed by atoms with van der Waals surface area (Å²) in [5.41, 5.74) is 0.770. The third-order valence-electron chi connectivity index (χ3n) is 2.32. The van der Waals surface area contributed by atoms with Crippen molar-refractivity contribution in [3.05, 3.63) is 28.7 Å². The molecule has 1 aromatic heterocycles. The Kier molecular flexibility index (Phi) is 5.34. The molecular weight excluding hydrogens is 360 g/mol. The Morgan fingerprint density at radius 3 is 2.81 bits per heavy atom. The Bertz CT molecular complexity index is 661. The molecule has 0 unspecified atom stereocenters. The van der Waals surface area contributed by atoms with Gasteiger partial charge < -0.3 is 9.73 Å². The molecule has 0 saturated heterocycles. The van der Waals surface area contributed by atoms with Gasteiger partial charge in [0.15, 0.2) is 0 Å². The Morgan fingerprint density at radius 1 is 1.33 bits per heavy atom. The highest BCUT2D eigenvalue weighted by molar-refractivity contribution is 9.10. The van der Waals surface area contributed by atoms with Gasteiger partial charge in [0.25, 0.3) is 5.22 Å². The van der Waals surface area contributed by atoms with E-state index in [1.807, 2.05) is 24.3 Å². The fraction of sp³-hybridized carbons (Fsp3) is 0.167. The number of nitrogens with zero attached hydrogens (tertiary/aromatic N) is 2. The van der Waals surface area contributed by atoms with Crippen LogP contribution < -0.4 is 10.6 Å². The van der Waals surface area contributed by atoms with Crippen LogP contribution in [0.25, 0.3) is 11.5 Å². The zero-order valence-electron chi connectivity index (χ0n) is 10.9. The molecule has 0 atom stereocenters. The predicted octanol–water partition coefficient (Wildman–Crippen LogP) is 2.05. The summed E-state index contributed by atoms with van der Waals surface area (Å²) < 4.78 is 6.30. The minimum atomic E-state index is -0.556. The van der Waals surface area contributed by atoms with E-state index in [9.17, 15) is 9.59 Å². The highest BCUT2D eigenvalue weighted by atomic mass is 79.9. The lowest BCUT2D eigenvalue weighted by Gasteiger charge is -2.00. The van der Waals surface area contributed by atoms with Crippen molar-refractivity contribution in [1.82, 2.24) is 20.8 Å². The normalized spacial score (nSPS) is 10.2. The molecule has 0 spiro atoms. The van der Waals surface area contributed by atoms with Crippen LogP contribution in [0, 0.1) is 0 Å². The summed E-state index contributed by atoms with van der Waals surface area (Å²) in [6, 6.07) is 6.88. The maximum atomic E-state index is 11.4. The van der Waals surface area contributed by atoms with Gasteiger partial charge in [-0.25, -0.2) is 4.79 Å². The van der Waals surface area contributed by atoms with Gasteiger partial charge >= 0.3 is 6.03 Å². The molecule has 0 fully saturated rings. The van der Waals surface area contributed by atoms with Crippen molar-refractivity contribution in [2.75, 3.05) is 12.8 Å². The number of carbonyl (C=O) groups is 2. The molecule has 1 aromatic carbocycles. The van der Waals surface area contributed by atoms with Crippen molar-refractivity contribution in [2.45, 2.75) is 5.22 Å². The Morgan fingerprint density at radius 2 is 2.10 bits per heavy atom. The number of aromatic nitrogens is 2. The molecule has 0 saturated carbocycles. The first-order chi connectivity index (χ1) is 10.1. The summed E-state index contributed by atoms with van der Waals surface area (Å²) in [5.74, 6) is -0.0814. The van der Waals surface area contributed by atoms with Crippen molar-refractivity contribution in [2.24, 2.45) is 0 Å². The van der Waals surface area contributed by atoms with E-state index in [2.05, 4.69) is 36.8 Å². The lowest BCUT2D eigenvalue weighted by Crippen LogP contribution is -2.38. The molecule has 110 valence electrons. The van der Waals surface area contributed by atoms with Crippen LogP contribution in [0.4, 0.5) is 4.79 Å². The van der Waals surface area contributed by atoms with Gasteiger partial charge in [-0.05, 0) is 28.1 Å². The molecule has 0 aliphatic carbocycles. The van der Waals surface area contributed by atoms with E-state index in [4.69, 9.17) is 4.42 Å². The molecule has 7 nitrogen and oxygen atoms in total. The van der Waals surface area contributed by atoms with E-state index >= 15 is 0 Å². The lowest BCUT2D eigenvalue weighted by molar-refractivity contribution is -0.117. The SMILES string of the molecule is CNC(=O)NC(=O)CSc1nnc(-c2ccccc2Br)o1. The van der Waals surface area contributed by atoms with Gasteiger partial charge in [0.2, 0.25) is 11.8 Å². The Balaban J connectivity index is 1.97. The average Bonchev–Trinajstić information content (AvgIpc) is 2.94. The maximum absolute atomic E-state index is 11.4. The third kappa shape index (κ3) is 4.30. The van der Waals surface area contributed by atoms with Gasteiger partial charge in [0.05, 0.1) is 11.3 Å². The number of carbonyl (C=O) groups excluding carboxylic acids is 2. The van der Waals surface area contributed by atoms with Crippen LogP contribution in [-0.4, -0.2) is 34.9 Å². The second kappa shape index (κ2) is 7.23. The molecule has 0 radical (unpaired) electrons. The number of nitrogens with one attached hydrogen (secondary N) is 2. The minimum Gasteiger partial charge on any atom is -0.411 e. The third-order valence-corrected chi connectivity index (χ3v) is 3.83. The molecule has 2 rings (SSSR count). The summed E-state index contributed by atoms with van der Waals surface area (Å²) in [7, 11) is 1.43. The van der Waals surface area contributed by atoms with Crippen LogP contribution in [0.2, 0.25) is 0 Å². The first kappa shape index (κ1) is 15.5. The number of halogens is 1. The van der Waals surface area contributed by atoms with Crippen molar-refractivity contribution in [3.8, 4) is 11.5 Å². The maximum Gasteiger partial charge on any atom is 0.321 e. The second-order valence-corrected chi connectivity index (χ2v) is 5.55. The monoisotopic (exact) mass is 370 g/mol. The number of amides is 3. The number of urea groups is 1. The van der Waals surface area contributed by atoms with Crippen LogP contribution in [0.15, 0.2) is 38.4 Å². The molecule has 1 heterocycles. The molecule has 2 aromatic rings. The molecule has 2 N–H and O–H groups in total. The number of thioether (sulfide) groups is 1. The molecule has 9 heteroatoms. The highest BCUT2D eigenvalue weighted by Crippen LogP contribution is 2.28. The lowest BCUT2D eigenvalue weighted by atomic mass is 10.2. The van der Waals surface area contributed by atoms with Crippen molar-refractivity contribution >= 4 is 39.6 Å². The van der Waals surface area contributed by atoms with Crippen LogP contribution in [0.5, 0.6) is 0 Å². The second-order valence-electron chi connectivity index (χ2n) is 3.77. The zero-order chi connectivity index (χ0) is 15.2. The van der Waals surface area contributed by atoms with Gasteiger partial charge in [-0.3, -0.25) is 10.1 Å². The topological polar surface area (TPSA) is 97.1 Å². The van der Waals surface area contributed by atoms with Crippen LogP contribution in [0.1, 0.15) is 0 Å². The van der Waals surface area contributed by atoms with Crippen molar-refractivity contribution in [1.29, 1.82) is 0 Å². The summed E-state index contributed by atoms with van der Waals surface area (Å²) >= 11 is 4.45. The first-order valence-corrected chi connectivity index (χ1v) is 7.60. The van der Waals surface area contributed by atoms with Gasteiger partial charge in [-0.15, -0.1) is 10.2 Å². The smallest absolute Gasteiger partial charge is 0.321 e. The fourth-order valence-electron chi connectivity index (χ4n) is 1.36. The summed E-state index contributed by atoms with van der Waals surface area (Å²) in [4.78, 5) is 22.4. The van der Waals surface area contributed by atoms with Crippen LogP contribution in [0.3, 0.4) is 0 Å². The summed E-state index contributed by atoms with van der Waals surface area (Å²) in [6.07, 6.45) is 0. The zero-order valence-corrected chi connectivity index (χ0v) is 13.3. The number of hydrogen-bond acceptors (Lipinski definition) is 6. The van der Waals surface area contributed by atoms with E-state index in [0.717, 1.165) is 21.8 Å². The molecular formula is C12H11BrN4O3S. The molecule has 0 aliphatic rings. The molecule has 0 aliphatic heterocycles. The first-order valence-electron chi connectivity index (χ1n) is 5.83. The van der Waals surface area contributed by atoms with E-state index in [0.29, 0.717) is 5.89 Å².